The van der Waals surface area contributed by atoms with E-state index in [1.165, 1.54) is 32.0 Å². The molecule has 1 saturated heterocycles. The number of furan rings is 1. The summed E-state index contributed by atoms with van der Waals surface area (Å²) in [5, 5.41) is 8.09. The molecule has 20 heavy (non-hydrogen) atoms. The molecule has 6 nitrogen and oxygen atoms in total. The minimum absolute atomic E-state index is 0.176. The van der Waals surface area contributed by atoms with Gasteiger partial charge in [0.25, 0.3) is 10.0 Å². The van der Waals surface area contributed by atoms with E-state index >= 15 is 0 Å². The van der Waals surface area contributed by atoms with E-state index in [0.717, 1.165) is 18.9 Å². The highest BCUT2D eigenvalue weighted by atomic mass is 32.2. The van der Waals surface area contributed by atoms with Crippen molar-refractivity contribution in [3.05, 3.63) is 17.9 Å². The van der Waals surface area contributed by atoms with Crippen LogP contribution in [0, 0.1) is 5.92 Å². The Morgan fingerprint density at radius 3 is 2.70 bits per heavy atom. The highest BCUT2D eigenvalue weighted by Gasteiger charge is 2.16. The molecular formula is C13H23N3O3S. The molecule has 0 aromatic carbocycles. The molecule has 1 aliphatic rings. The second-order valence-corrected chi connectivity index (χ2v) is 6.97. The largest absolute Gasteiger partial charge is 0.447 e. The average Bonchev–Trinajstić information content (AvgIpc) is 2.85. The van der Waals surface area contributed by atoms with Gasteiger partial charge in [-0.2, -0.15) is 0 Å². The first-order chi connectivity index (χ1) is 9.45. The molecule has 0 radical (unpaired) electrons. The summed E-state index contributed by atoms with van der Waals surface area (Å²) in [6, 6.07) is 3.03. The number of likely N-dealkylation sites (tertiary alicyclic amines) is 1. The first-order valence-electron chi connectivity index (χ1n) is 6.96. The standard InChI is InChI=1S/C13H23N3O3S/c1-16-8-5-11(6-9-16)4-7-15-10-12-2-3-13(19-12)20(14,17)18/h2-3,11,15H,4-10H2,1H3,(H2,14,17,18). The number of nitrogens with two attached hydrogens (primary N) is 1. The van der Waals surface area contributed by atoms with E-state index in [1.807, 2.05) is 0 Å². The van der Waals surface area contributed by atoms with Gasteiger partial charge in [-0.25, -0.2) is 13.6 Å². The predicted molar refractivity (Wildman–Crippen MR) is 76.6 cm³/mol. The molecule has 0 unspecified atom stereocenters. The molecule has 1 aromatic heterocycles. The third-order valence-corrected chi connectivity index (χ3v) is 4.56. The summed E-state index contributed by atoms with van der Waals surface area (Å²) in [5.74, 6) is 1.38. The van der Waals surface area contributed by atoms with Crippen molar-refractivity contribution in [1.82, 2.24) is 10.2 Å². The van der Waals surface area contributed by atoms with Gasteiger partial charge in [0, 0.05) is 0 Å². The first kappa shape index (κ1) is 15.5. The summed E-state index contributed by atoms with van der Waals surface area (Å²) >= 11 is 0. The summed E-state index contributed by atoms with van der Waals surface area (Å²) in [6.45, 7) is 3.81. The number of hydrogen-bond acceptors (Lipinski definition) is 5. The van der Waals surface area contributed by atoms with E-state index in [4.69, 9.17) is 9.56 Å². The lowest BCUT2D eigenvalue weighted by atomic mass is 9.94. The van der Waals surface area contributed by atoms with E-state index in [1.54, 1.807) is 6.07 Å². The molecule has 0 atom stereocenters. The van der Waals surface area contributed by atoms with Crippen molar-refractivity contribution in [1.29, 1.82) is 0 Å². The van der Waals surface area contributed by atoms with Crippen molar-refractivity contribution in [2.24, 2.45) is 11.1 Å². The van der Waals surface area contributed by atoms with Crippen LogP contribution in [0.4, 0.5) is 0 Å². The van der Waals surface area contributed by atoms with Gasteiger partial charge < -0.3 is 14.6 Å². The van der Waals surface area contributed by atoms with Crippen LogP contribution in [-0.2, 0) is 16.6 Å². The Morgan fingerprint density at radius 2 is 2.10 bits per heavy atom. The van der Waals surface area contributed by atoms with E-state index in [0.29, 0.717) is 12.3 Å². The van der Waals surface area contributed by atoms with Gasteiger partial charge in [0.1, 0.15) is 5.76 Å². The van der Waals surface area contributed by atoms with E-state index in [-0.39, 0.29) is 5.09 Å². The van der Waals surface area contributed by atoms with Crippen molar-refractivity contribution < 1.29 is 12.8 Å². The normalized spacial score (nSPS) is 18.5. The minimum atomic E-state index is -3.73. The molecule has 2 heterocycles. The first-order valence-corrected chi connectivity index (χ1v) is 8.50. The number of sulfonamides is 1. The molecular weight excluding hydrogens is 278 g/mol. The molecule has 7 heteroatoms. The van der Waals surface area contributed by atoms with Crippen LogP contribution in [0.15, 0.2) is 21.6 Å². The predicted octanol–water partition coefficient (Wildman–Crippen LogP) is 0.749. The molecule has 0 bridgehead atoms. The van der Waals surface area contributed by atoms with Gasteiger partial charge in [-0.15, -0.1) is 0 Å². The molecule has 3 N–H and O–H groups in total. The number of piperidine rings is 1. The summed E-state index contributed by atoms with van der Waals surface area (Å²) in [4.78, 5) is 2.36. The van der Waals surface area contributed by atoms with Crippen molar-refractivity contribution in [2.75, 3.05) is 26.7 Å². The third-order valence-electron chi connectivity index (χ3n) is 3.78. The minimum Gasteiger partial charge on any atom is -0.447 e. The third kappa shape index (κ3) is 4.59. The Morgan fingerprint density at radius 1 is 1.40 bits per heavy atom. The van der Waals surface area contributed by atoms with Crippen molar-refractivity contribution in [3.63, 3.8) is 0 Å². The number of nitrogens with one attached hydrogen (secondary N) is 1. The summed E-state index contributed by atoms with van der Waals surface area (Å²) in [5.41, 5.74) is 0. The highest BCUT2D eigenvalue weighted by Crippen LogP contribution is 2.18. The van der Waals surface area contributed by atoms with Crippen LogP contribution in [0.25, 0.3) is 0 Å². The maximum atomic E-state index is 11.1. The maximum Gasteiger partial charge on any atom is 0.271 e. The van der Waals surface area contributed by atoms with E-state index in [2.05, 4.69) is 17.3 Å². The van der Waals surface area contributed by atoms with Crippen LogP contribution < -0.4 is 10.5 Å². The van der Waals surface area contributed by atoms with Crippen molar-refractivity contribution >= 4 is 10.0 Å². The van der Waals surface area contributed by atoms with Gasteiger partial charge in [0.05, 0.1) is 6.54 Å². The van der Waals surface area contributed by atoms with Crippen LogP contribution in [0.2, 0.25) is 0 Å². The van der Waals surface area contributed by atoms with Gasteiger partial charge in [-0.3, -0.25) is 0 Å². The fourth-order valence-corrected chi connectivity index (χ4v) is 2.96. The molecule has 0 spiro atoms. The number of hydrogen-bond donors (Lipinski definition) is 2. The van der Waals surface area contributed by atoms with Crippen LogP contribution in [0.1, 0.15) is 25.0 Å². The zero-order chi connectivity index (χ0) is 14.6. The summed E-state index contributed by atoms with van der Waals surface area (Å²) in [6.07, 6.45) is 3.67. The zero-order valence-electron chi connectivity index (χ0n) is 11.8. The lowest BCUT2D eigenvalue weighted by Crippen LogP contribution is -2.31. The van der Waals surface area contributed by atoms with E-state index < -0.39 is 10.0 Å². The molecule has 2 rings (SSSR count). The molecule has 0 aliphatic carbocycles. The van der Waals surface area contributed by atoms with Crippen LogP contribution in [-0.4, -0.2) is 40.0 Å². The SMILES string of the molecule is CN1CCC(CCNCc2ccc(S(N)(=O)=O)o2)CC1. The quantitative estimate of drug-likeness (QED) is 0.757. The van der Waals surface area contributed by atoms with Gasteiger partial charge >= 0.3 is 0 Å². The van der Waals surface area contributed by atoms with Crippen LogP contribution in [0.5, 0.6) is 0 Å². The lowest BCUT2D eigenvalue weighted by molar-refractivity contribution is 0.211. The fraction of sp³-hybridized carbons (Fsp3) is 0.692. The van der Waals surface area contributed by atoms with Gasteiger partial charge in [-0.1, -0.05) is 0 Å². The van der Waals surface area contributed by atoms with Crippen molar-refractivity contribution in [3.8, 4) is 0 Å². The Balaban J connectivity index is 1.67. The second-order valence-electron chi connectivity index (χ2n) is 5.48. The molecule has 1 aromatic rings. The Hall–Kier alpha value is -0.890. The molecule has 1 fully saturated rings. The van der Waals surface area contributed by atoms with Crippen LogP contribution >= 0.6 is 0 Å². The molecule has 0 amide bonds. The number of nitrogens with zero attached hydrogens (tertiary/aromatic N) is 1. The Bertz CT molecular complexity index is 519. The second kappa shape index (κ2) is 6.71. The average molecular weight is 301 g/mol. The maximum absolute atomic E-state index is 11.1. The van der Waals surface area contributed by atoms with Gasteiger partial charge in [-0.05, 0) is 64.0 Å². The monoisotopic (exact) mass is 301 g/mol. The van der Waals surface area contributed by atoms with Gasteiger partial charge in [0.15, 0.2) is 0 Å². The van der Waals surface area contributed by atoms with Gasteiger partial charge in [0.2, 0.25) is 5.09 Å². The molecule has 1 aliphatic heterocycles. The fourth-order valence-electron chi connectivity index (χ4n) is 2.47. The zero-order valence-corrected chi connectivity index (χ0v) is 12.7. The highest BCUT2D eigenvalue weighted by molar-refractivity contribution is 7.89. The summed E-state index contributed by atoms with van der Waals surface area (Å²) in [7, 11) is -1.57. The molecule has 0 saturated carbocycles. The smallest absolute Gasteiger partial charge is 0.271 e. The number of rotatable bonds is 6. The van der Waals surface area contributed by atoms with Crippen molar-refractivity contribution in [2.45, 2.75) is 30.9 Å². The molecule has 114 valence electrons. The Kier molecular flexibility index (Phi) is 5.20. The topological polar surface area (TPSA) is 88.6 Å². The van der Waals surface area contributed by atoms with E-state index in [9.17, 15) is 8.42 Å². The lowest BCUT2D eigenvalue weighted by Gasteiger charge is -2.28. The summed E-state index contributed by atoms with van der Waals surface area (Å²) < 4.78 is 27.3. The van der Waals surface area contributed by atoms with Crippen LogP contribution in [0.3, 0.4) is 0 Å². The Labute approximate surface area is 120 Å². The number of primary sulfonamides is 1.